The van der Waals surface area contributed by atoms with E-state index >= 15 is 0 Å². The van der Waals surface area contributed by atoms with Crippen LogP contribution in [0.5, 0.6) is 0 Å². The van der Waals surface area contributed by atoms with Gasteiger partial charge in [0.15, 0.2) is 0 Å². The lowest BCUT2D eigenvalue weighted by Gasteiger charge is -2.05. The Hall–Kier alpha value is -1.46. The summed E-state index contributed by atoms with van der Waals surface area (Å²) in [6.07, 6.45) is 5.06. The Labute approximate surface area is 118 Å². The minimum absolute atomic E-state index is 0.148. The highest BCUT2D eigenvalue weighted by Crippen LogP contribution is 2.23. The van der Waals surface area contributed by atoms with Crippen LogP contribution in [0.3, 0.4) is 0 Å². The summed E-state index contributed by atoms with van der Waals surface area (Å²) in [5.41, 5.74) is 0.850. The van der Waals surface area contributed by atoms with Crippen molar-refractivity contribution in [1.82, 2.24) is 9.97 Å². The summed E-state index contributed by atoms with van der Waals surface area (Å²) in [5, 5.41) is 3.19. The fourth-order valence-electron chi connectivity index (χ4n) is 1.36. The molecule has 0 saturated carbocycles. The predicted octanol–water partition coefficient (Wildman–Crippen LogP) is 3.07. The summed E-state index contributed by atoms with van der Waals surface area (Å²) < 4.78 is 0.691. The fraction of sp³-hybridized carbons (Fsp3) is 0.0833. The molecule has 0 atom stereocenters. The van der Waals surface area contributed by atoms with E-state index < -0.39 is 0 Å². The number of pyridine rings is 2. The van der Waals surface area contributed by atoms with Gasteiger partial charge in [-0.05, 0) is 33.6 Å². The third-order valence-electron chi connectivity index (χ3n) is 2.16. The molecule has 0 bridgehead atoms. The topological polar surface area (TPSA) is 54.9 Å². The van der Waals surface area contributed by atoms with E-state index in [1.54, 1.807) is 24.5 Å². The molecule has 0 unspecified atom stereocenters. The Kier molecular flexibility index (Phi) is 4.28. The molecule has 2 aromatic heterocycles. The summed E-state index contributed by atoms with van der Waals surface area (Å²) in [7, 11) is 0. The van der Waals surface area contributed by atoms with E-state index in [0.717, 1.165) is 5.56 Å². The Morgan fingerprint density at radius 1 is 1.44 bits per heavy atom. The molecule has 1 amide bonds. The van der Waals surface area contributed by atoms with Crippen LogP contribution in [0.2, 0.25) is 5.02 Å². The first-order valence-corrected chi connectivity index (χ1v) is 6.32. The standard InChI is InChI=1S/C12H9BrClN3O/c13-9-5-11(16-7-10(9)14)17-12(18)4-8-2-1-3-15-6-8/h1-3,5-7H,4H2,(H,16,17,18). The number of nitrogens with one attached hydrogen (secondary N) is 1. The number of anilines is 1. The second kappa shape index (κ2) is 5.93. The van der Waals surface area contributed by atoms with Gasteiger partial charge in [0.25, 0.3) is 0 Å². The van der Waals surface area contributed by atoms with Crippen molar-refractivity contribution in [1.29, 1.82) is 0 Å². The minimum atomic E-state index is -0.148. The van der Waals surface area contributed by atoms with Crippen LogP contribution in [0, 0.1) is 0 Å². The zero-order valence-electron chi connectivity index (χ0n) is 9.23. The second-order valence-corrected chi connectivity index (χ2v) is 4.83. The maximum atomic E-state index is 11.8. The van der Waals surface area contributed by atoms with E-state index in [9.17, 15) is 4.79 Å². The van der Waals surface area contributed by atoms with Gasteiger partial charge in [-0.2, -0.15) is 0 Å². The van der Waals surface area contributed by atoms with Gasteiger partial charge in [-0.15, -0.1) is 0 Å². The van der Waals surface area contributed by atoms with Gasteiger partial charge in [0.05, 0.1) is 11.4 Å². The minimum Gasteiger partial charge on any atom is -0.310 e. The third-order valence-corrected chi connectivity index (χ3v) is 3.35. The first kappa shape index (κ1) is 13.0. The van der Waals surface area contributed by atoms with Crippen molar-refractivity contribution >= 4 is 39.3 Å². The van der Waals surface area contributed by atoms with Gasteiger partial charge in [-0.1, -0.05) is 17.7 Å². The molecular formula is C12H9BrClN3O. The quantitative estimate of drug-likeness (QED) is 0.943. The molecule has 0 saturated heterocycles. The smallest absolute Gasteiger partial charge is 0.230 e. The van der Waals surface area contributed by atoms with E-state index in [-0.39, 0.29) is 12.3 Å². The Morgan fingerprint density at radius 3 is 2.94 bits per heavy atom. The van der Waals surface area contributed by atoms with E-state index in [1.807, 2.05) is 6.07 Å². The molecule has 0 radical (unpaired) electrons. The molecule has 0 aliphatic heterocycles. The van der Waals surface area contributed by atoms with Crippen molar-refractivity contribution in [2.45, 2.75) is 6.42 Å². The van der Waals surface area contributed by atoms with Gasteiger partial charge in [-0.25, -0.2) is 4.98 Å². The van der Waals surface area contributed by atoms with Crippen LogP contribution >= 0.6 is 27.5 Å². The van der Waals surface area contributed by atoms with Crippen molar-refractivity contribution in [3.05, 3.63) is 51.8 Å². The van der Waals surface area contributed by atoms with E-state index in [0.29, 0.717) is 15.3 Å². The molecule has 92 valence electrons. The molecule has 0 aliphatic rings. The molecule has 0 fully saturated rings. The number of carbonyl (C=O) groups excluding carboxylic acids is 1. The largest absolute Gasteiger partial charge is 0.310 e. The lowest BCUT2D eigenvalue weighted by Crippen LogP contribution is -2.15. The van der Waals surface area contributed by atoms with Crippen molar-refractivity contribution in [2.75, 3.05) is 5.32 Å². The summed E-state index contributed by atoms with van der Waals surface area (Å²) in [6, 6.07) is 5.29. The fourth-order valence-corrected chi connectivity index (χ4v) is 1.78. The summed E-state index contributed by atoms with van der Waals surface area (Å²) in [4.78, 5) is 19.7. The zero-order valence-corrected chi connectivity index (χ0v) is 11.6. The van der Waals surface area contributed by atoms with Gasteiger partial charge < -0.3 is 5.32 Å². The number of amides is 1. The second-order valence-electron chi connectivity index (χ2n) is 3.57. The maximum absolute atomic E-state index is 11.8. The molecule has 2 heterocycles. The SMILES string of the molecule is O=C(Cc1cccnc1)Nc1cc(Br)c(Cl)cn1. The van der Waals surface area contributed by atoms with E-state index in [4.69, 9.17) is 11.6 Å². The van der Waals surface area contributed by atoms with Crippen molar-refractivity contribution in [3.8, 4) is 0 Å². The molecule has 6 heteroatoms. The van der Waals surface area contributed by atoms with Gasteiger partial charge in [0.1, 0.15) is 5.82 Å². The Morgan fingerprint density at radius 2 is 2.28 bits per heavy atom. The third kappa shape index (κ3) is 3.51. The van der Waals surface area contributed by atoms with Crippen LogP contribution < -0.4 is 5.32 Å². The average Bonchev–Trinajstić information content (AvgIpc) is 2.35. The maximum Gasteiger partial charge on any atom is 0.230 e. The first-order chi connectivity index (χ1) is 8.65. The number of rotatable bonds is 3. The van der Waals surface area contributed by atoms with E-state index in [2.05, 4.69) is 31.2 Å². The Balaban J connectivity index is 2.01. The molecule has 18 heavy (non-hydrogen) atoms. The first-order valence-electron chi connectivity index (χ1n) is 5.15. The van der Waals surface area contributed by atoms with Crippen LogP contribution in [-0.2, 0) is 11.2 Å². The van der Waals surface area contributed by atoms with Crippen LogP contribution in [-0.4, -0.2) is 15.9 Å². The zero-order chi connectivity index (χ0) is 13.0. The van der Waals surface area contributed by atoms with Crippen molar-refractivity contribution in [2.24, 2.45) is 0 Å². The lowest BCUT2D eigenvalue weighted by atomic mass is 10.2. The number of halogens is 2. The van der Waals surface area contributed by atoms with Crippen molar-refractivity contribution < 1.29 is 4.79 Å². The van der Waals surface area contributed by atoms with Crippen LogP contribution in [0.1, 0.15) is 5.56 Å². The normalized spacial score (nSPS) is 10.1. The Bertz CT molecular complexity index is 563. The number of aromatic nitrogens is 2. The van der Waals surface area contributed by atoms with Crippen LogP contribution in [0.15, 0.2) is 41.3 Å². The van der Waals surface area contributed by atoms with Crippen molar-refractivity contribution in [3.63, 3.8) is 0 Å². The highest BCUT2D eigenvalue weighted by atomic mass is 79.9. The van der Waals surface area contributed by atoms with Gasteiger partial charge in [-0.3, -0.25) is 9.78 Å². The molecule has 0 aliphatic carbocycles. The van der Waals surface area contributed by atoms with Gasteiger partial charge >= 0.3 is 0 Å². The molecular weight excluding hydrogens is 318 g/mol. The summed E-state index contributed by atoms with van der Waals surface area (Å²) in [5.74, 6) is 0.310. The number of carbonyl (C=O) groups is 1. The highest BCUT2D eigenvalue weighted by molar-refractivity contribution is 9.10. The lowest BCUT2D eigenvalue weighted by molar-refractivity contribution is -0.115. The molecule has 1 N–H and O–H groups in total. The highest BCUT2D eigenvalue weighted by Gasteiger charge is 2.06. The number of hydrogen-bond acceptors (Lipinski definition) is 3. The van der Waals surface area contributed by atoms with Gasteiger partial charge in [0.2, 0.25) is 5.91 Å². The summed E-state index contributed by atoms with van der Waals surface area (Å²) in [6.45, 7) is 0. The average molecular weight is 327 g/mol. The van der Waals surface area contributed by atoms with Crippen LogP contribution in [0.25, 0.3) is 0 Å². The number of hydrogen-bond donors (Lipinski definition) is 1. The molecule has 0 aromatic carbocycles. The van der Waals surface area contributed by atoms with Gasteiger partial charge in [0, 0.05) is 23.1 Å². The predicted molar refractivity (Wildman–Crippen MR) is 73.5 cm³/mol. The number of nitrogens with zero attached hydrogens (tertiary/aromatic N) is 2. The van der Waals surface area contributed by atoms with Crippen LogP contribution in [0.4, 0.5) is 5.82 Å². The monoisotopic (exact) mass is 325 g/mol. The molecule has 4 nitrogen and oxygen atoms in total. The molecule has 2 aromatic rings. The summed E-state index contributed by atoms with van der Waals surface area (Å²) >= 11 is 9.09. The van der Waals surface area contributed by atoms with E-state index in [1.165, 1.54) is 6.20 Å². The molecule has 2 rings (SSSR count). The molecule has 0 spiro atoms.